The molecule has 2 N–H and O–H groups in total. The van der Waals surface area contributed by atoms with Gasteiger partial charge in [-0.15, -0.1) is 0 Å². The number of hydrogen-bond donors (Lipinski definition) is 2. The van der Waals surface area contributed by atoms with Gasteiger partial charge in [-0.05, 0) is 58.7 Å². The fraction of sp³-hybridized carbons (Fsp3) is 0.0455. The summed E-state index contributed by atoms with van der Waals surface area (Å²) in [6, 6.07) is 21.3. The zero-order valence-electron chi connectivity index (χ0n) is 13.4. The molecule has 0 saturated carbocycles. The van der Waals surface area contributed by atoms with Crippen LogP contribution in [0, 0.1) is 0 Å². The monoisotopic (exact) mass is 328 g/mol. The van der Waals surface area contributed by atoms with E-state index < -0.39 is 0 Å². The fourth-order valence-electron chi connectivity index (χ4n) is 3.31. The van der Waals surface area contributed by atoms with Gasteiger partial charge in [0, 0.05) is 17.6 Å². The van der Waals surface area contributed by atoms with Gasteiger partial charge in [0.15, 0.2) is 5.78 Å². The van der Waals surface area contributed by atoms with Gasteiger partial charge in [0.2, 0.25) is 0 Å². The molecule has 1 aliphatic carbocycles. The number of ketones is 1. The molecule has 3 aromatic rings. The molecule has 0 fully saturated rings. The number of hydrogen-bond acceptors (Lipinski definition) is 3. The summed E-state index contributed by atoms with van der Waals surface area (Å²) in [4.78, 5) is 13.1. The van der Waals surface area contributed by atoms with E-state index in [2.05, 4.69) is 0 Å². The van der Waals surface area contributed by atoms with Gasteiger partial charge in [-0.3, -0.25) is 4.79 Å². The molecule has 0 amide bonds. The number of carbonyl (C=O) groups is 1. The van der Waals surface area contributed by atoms with Crippen LogP contribution in [0.5, 0.6) is 11.5 Å². The van der Waals surface area contributed by atoms with Gasteiger partial charge in [0.1, 0.15) is 11.5 Å². The maximum absolute atomic E-state index is 13.1. The summed E-state index contributed by atoms with van der Waals surface area (Å²) in [7, 11) is 0. The third kappa shape index (κ3) is 2.70. The Bertz CT molecular complexity index is 984. The van der Waals surface area contributed by atoms with Gasteiger partial charge in [0.05, 0.1) is 0 Å². The van der Waals surface area contributed by atoms with E-state index in [0.717, 1.165) is 22.3 Å². The number of allylic oxidation sites excluding steroid dienone is 1. The van der Waals surface area contributed by atoms with Crippen molar-refractivity contribution in [2.75, 3.05) is 0 Å². The highest BCUT2D eigenvalue weighted by Gasteiger charge is 2.28. The minimum atomic E-state index is -0.0606. The van der Waals surface area contributed by atoms with Gasteiger partial charge >= 0.3 is 0 Å². The Morgan fingerprint density at radius 2 is 1.48 bits per heavy atom. The smallest absolute Gasteiger partial charge is 0.189 e. The van der Waals surface area contributed by atoms with Crippen LogP contribution in [-0.4, -0.2) is 16.0 Å². The highest BCUT2D eigenvalue weighted by molar-refractivity contribution is 6.16. The van der Waals surface area contributed by atoms with Crippen LogP contribution in [0.15, 0.2) is 78.4 Å². The molecule has 3 nitrogen and oxygen atoms in total. The van der Waals surface area contributed by atoms with E-state index in [-0.39, 0.29) is 17.3 Å². The molecule has 0 heterocycles. The first kappa shape index (κ1) is 15.2. The molecule has 0 aromatic heterocycles. The summed E-state index contributed by atoms with van der Waals surface area (Å²) in [5, 5.41) is 19.4. The Morgan fingerprint density at radius 1 is 0.800 bits per heavy atom. The Morgan fingerprint density at radius 3 is 2.20 bits per heavy atom. The lowest BCUT2D eigenvalue weighted by molar-refractivity contribution is 0.103. The van der Waals surface area contributed by atoms with Crippen LogP contribution in [0.25, 0.3) is 5.57 Å². The summed E-state index contributed by atoms with van der Waals surface area (Å²) in [5.41, 5.74) is 4.99. The van der Waals surface area contributed by atoms with Crippen molar-refractivity contribution in [2.24, 2.45) is 0 Å². The molecule has 0 atom stereocenters. The third-order valence-electron chi connectivity index (χ3n) is 4.50. The van der Waals surface area contributed by atoms with Gasteiger partial charge in [0.25, 0.3) is 0 Å². The molecule has 1 aliphatic rings. The molecule has 0 saturated heterocycles. The number of phenols is 2. The largest absolute Gasteiger partial charge is 0.508 e. The fourth-order valence-corrected chi connectivity index (χ4v) is 3.31. The summed E-state index contributed by atoms with van der Waals surface area (Å²) in [6.07, 6.45) is 0.527. The second-order valence-corrected chi connectivity index (χ2v) is 6.11. The standard InChI is InChI=1S/C22H16O3/c23-17-9-6-15(7-10-17)22(25)20-12-16-8-11-18(24)13-19(16)21(20)14-4-2-1-3-5-14/h1-11,13,23-24H,12H2. The van der Waals surface area contributed by atoms with Gasteiger partial charge in [-0.1, -0.05) is 36.4 Å². The minimum Gasteiger partial charge on any atom is -0.508 e. The van der Waals surface area contributed by atoms with E-state index in [0.29, 0.717) is 17.6 Å². The molecule has 0 aliphatic heterocycles. The molecular weight excluding hydrogens is 312 g/mol. The lowest BCUT2D eigenvalue weighted by Gasteiger charge is -2.09. The van der Waals surface area contributed by atoms with Crippen LogP contribution in [-0.2, 0) is 6.42 Å². The quantitative estimate of drug-likeness (QED) is 0.703. The zero-order chi connectivity index (χ0) is 17.4. The molecule has 0 radical (unpaired) electrons. The van der Waals surface area contributed by atoms with E-state index >= 15 is 0 Å². The van der Waals surface area contributed by atoms with Gasteiger partial charge in [-0.25, -0.2) is 0 Å². The van der Waals surface area contributed by atoms with Crippen LogP contribution >= 0.6 is 0 Å². The normalized spacial score (nSPS) is 13.0. The van der Waals surface area contributed by atoms with E-state index in [1.54, 1.807) is 24.3 Å². The van der Waals surface area contributed by atoms with E-state index in [9.17, 15) is 15.0 Å². The highest BCUT2D eigenvalue weighted by Crippen LogP contribution is 2.40. The van der Waals surface area contributed by atoms with Crippen molar-refractivity contribution < 1.29 is 15.0 Å². The molecule has 0 spiro atoms. The Labute approximate surface area is 145 Å². The average molecular weight is 328 g/mol. The van der Waals surface area contributed by atoms with Crippen LogP contribution in [0.4, 0.5) is 0 Å². The van der Waals surface area contributed by atoms with Gasteiger partial charge < -0.3 is 10.2 Å². The van der Waals surface area contributed by atoms with Crippen molar-refractivity contribution in [3.8, 4) is 11.5 Å². The van der Waals surface area contributed by atoms with Crippen LogP contribution < -0.4 is 0 Å². The number of rotatable bonds is 3. The Kier molecular flexibility index (Phi) is 3.62. The Balaban J connectivity index is 1.89. The van der Waals surface area contributed by atoms with Crippen molar-refractivity contribution in [3.63, 3.8) is 0 Å². The molecule has 3 heteroatoms. The summed E-state index contributed by atoms with van der Waals surface area (Å²) in [5.74, 6) is 0.258. The van der Waals surface area contributed by atoms with Crippen LogP contribution in [0.2, 0.25) is 0 Å². The van der Waals surface area contributed by atoms with Crippen LogP contribution in [0.3, 0.4) is 0 Å². The Hall–Kier alpha value is -3.33. The van der Waals surface area contributed by atoms with Crippen LogP contribution in [0.1, 0.15) is 27.0 Å². The molecular formula is C22H16O3. The predicted octanol–water partition coefficient (Wildman–Crippen LogP) is 4.34. The third-order valence-corrected chi connectivity index (χ3v) is 4.50. The van der Waals surface area contributed by atoms with Gasteiger partial charge in [-0.2, -0.15) is 0 Å². The number of aromatic hydroxyl groups is 2. The van der Waals surface area contributed by atoms with E-state index in [1.807, 2.05) is 36.4 Å². The van der Waals surface area contributed by atoms with Crippen molar-refractivity contribution in [3.05, 3.63) is 101 Å². The molecule has 0 unspecified atom stereocenters. The summed E-state index contributed by atoms with van der Waals surface area (Å²) >= 11 is 0. The van der Waals surface area contributed by atoms with E-state index in [4.69, 9.17) is 0 Å². The van der Waals surface area contributed by atoms with E-state index in [1.165, 1.54) is 12.1 Å². The predicted molar refractivity (Wildman–Crippen MR) is 96.7 cm³/mol. The van der Waals surface area contributed by atoms with Crippen molar-refractivity contribution in [1.82, 2.24) is 0 Å². The molecule has 122 valence electrons. The lowest BCUT2D eigenvalue weighted by Crippen LogP contribution is -2.05. The zero-order valence-corrected chi connectivity index (χ0v) is 13.4. The second kappa shape index (κ2) is 5.95. The first-order chi connectivity index (χ1) is 12.1. The lowest BCUT2D eigenvalue weighted by atomic mass is 9.94. The van der Waals surface area contributed by atoms with Crippen molar-refractivity contribution in [2.45, 2.75) is 6.42 Å². The topological polar surface area (TPSA) is 57.5 Å². The minimum absolute atomic E-state index is 0.0606. The maximum Gasteiger partial charge on any atom is 0.189 e. The molecule has 0 bridgehead atoms. The molecule has 3 aromatic carbocycles. The van der Waals surface area contributed by atoms with Crippen molar-refractivity contribution >= 4 is 11.4 Å². The average Bonchev–Trinajstić information content (AvgIpc) is 3.01. The number of benzene rings is 3. The maximum atomic E-state index is 13.1. The number of fused-ring (bicyclic) bond motifs is 1. The first-order valence-corrected chi connectivity index (χ1v) is 8.08. The summed E-state index contributed by atoms with van der Waals surface area (Å²) in [6.45, 7) is 0. The number of Topliss-reactive ketones (excluding diaryl/α,β-unsaturated/α-hetero) is 1. The molecule has 25 heavy (non-hydrogen) atoms. The number of carbonyl (C=O) groups excluding carboxylic acids is 1. The second-order valence-electron chi connectivity index (χ2n) is 6.11. The highest BCUT2D eigenvalue weighted by atomic mass is 16.3. The summed E-state index contributed by atoms with van der Waals surface area (Å²) < 4.78 is 0. The first-order valence-electron chi connectivity index (χ1n) is 8.08. The number of phenolic OH excluding ortho intramolecular Hbond substituents is 2. The SMILES string of the molecule is O=C(C1=C(c2ccccc2)c2cc(O)ccc2C1)c1ccc(O)cc1. The van der Waals surface area contributed by atoms with Crippen molar-refractivity contribution in [1.29, 1.82) is 0 Å². The molecule has 4 rings (SSSR count).